The smallest absolute Gasteiger partial charge is 0.347 e. The molecule has 2 atom stereocenters. The molecule has 0 bridgehead atoms. The molecule has 1 saturated carbocycles. The van der Waals surface area contributed by atoms with Crippen molar-refractivity contribution in [1.29, 1.82) is 0 Å². The number of carbonyl (C=O) groups is 1. The van der Waals surface area contributed by atoms with Crippen LogP contribution in [0.4, 0.5) is 0 Å². The zero-order valence-electron chi connectivity index (χ0n) is 10.6. The fourth-order valence-electron chi connectivity index (χ4n) is 2.42. The minimum atomic E-state index is -3.75. The molecular weight excluding hydrogens is 286 g/mol. The molecule has 5 nitrogen and oxygen atoms in total. The van der Waals surface area contributed by atoms with Gasteiger partial charge in [0, 0.05) is 6.04 Å². The Morgan fingerprint density at radius 2 is 2.11 bits per heavy atom. The molecule has 19 heavy (non-hydrogen) atoms. The van der Waals surface area contributed by atoms with Gasteiger partial charge in [-0.2, -0.15) is 0 Å². The Labute approximate surface area is 116 Å². The van der Waals surface area contributed by atoms with E-state index >= 15 is 0 Å². The van der Waals surface area contributed by atoms with Crippen LogP contribution >= 0.6 is 11.3 Å². The van der Waals surface area contributed by atoms with Gasteiger partial charge in [0.25, 0.3) is 0 Å². The quantitative estimate of drug-likeness (QED) is 0.894. The van der Waals surface area contributed by atoms with Gasteiger partial charge in [-0.3, -0.25) is 0 Å². The van der Waals surface area contributed by atoms with Crippen molar-refractivity contribution in [2.75, 3.05) is 0 Å². The Balaban J connectivity index is 2.22. The predicted octanol–water partition coefficient (Wildman–Crippen LogP) is 2.30. The van der Waals surface area contributed by atoms with Crippen molar-refractivity contribution < 1.29 is 18.3 Å². The van der Waals surface area contributed by atoms with E-state index in [-0.39, 0.29) is 21.7 Å². The van der Waals surface area contributed by atoms with Gasteiger partial charge in [-0.05, 0) is 30.2 Å². The molecule has 0 aliphatic heterocycles. The summed E-state index contributed by atoms with van der Waals surface area (Å²) in [4.78, 5) is 10.8. The molecule has 1 aromatic rings. The topological polar surface area (TPSA) is 83.5 Å². The van der Waals surface area contributed by atoms with Gasteiger partial charge in [-0.15, -0.1) is 11.3 Å². The Kier molecular flexibility index (Phi) is 4.27. The van der Waals surface area contributed by atoms with E-state index in [1.165, 1.54) is 11.4 Å². The van der Waals surface area contributed by atoms with E-state index in [1.807, 2.05) is 6.92 Å². The first-order valence-electron chi connectivity index (χ1n) is 6.25. The van der Waals surface area contributed by atoms with E-state index in [2.05, 4.69) is 4.72 Å². The Hall–Kier alpha value is -0.920. The molecule has 0 aromatic carbocycles. The number of aromatic carboxylic acids is 1. The van der Waals surface area contributed by atoms with Gasteiger partial charge in [0.1, 0.15) is 9.77 Å². The second kappa shape index (κ2) is 5.60. The van der Waals surface area contributed by atoms with Gasteiger partial charge >= 0.3 is 5.97 Å². The minimum Gasteiger partial charge on any atom is -0.477 e. The summed E-state index contributed by atoms with van der Waals surface area (Å²) >= 11 is 0.929. The zero-order chi connectivity index (χ0) is 14.0. The summed E-state index contributed by atoms with van der Waals surface area (Å²) in [5.41, 5.74) is 0. The van der Waals surface area contributed by atoms with Gasteiger partial charge in [-0.1, -0.05) is 19.8 Å². The lowest BCUT2D eigenvalue weighted by molar-refractivity contribution is 0.0698. The lowest BCUT2D eigenvalue weighted by Crippen LogP contribution is -2.41. The van der Waals surface area contributed by atoms with E-state index in [1.54, 1.807) is 0 Å². The van der Waals surface area contributed by atoms with Crippen molar-refractivity contribution in [2.24, 2.45) is 5.92 Å². The average molecular weight is 303 g/mol. The third-order valence-corrected chi connectivity index (χ3v) is 6.09. The van der Waals surface area contributed by atoms with Crippen molar-refractivity contribution >= 4 is 27.3 Å². The van der Waals surface area contributed by atoms with Crippen molar-refractivity contribution in [3.63, 3.8) is 0 Å². The van der Waals surface area contributed by atoms with Crippen LogP contribution in [0.3, 0.4) is 0 Å². The largest absolute Gasteiger partial charge is 0.477 e. The lowest BCUT2D eigenvalue weighted by atomic mass is 9.87. The second-order valence-corrected chi connectivity index (χ2v) is 7.51. The highest BCUT2D eigenvalue weighted by atomic mass is 32.2. The van der Waals surface area contributed by atoms with Gasteiger partial charge in [0.2, 0.25) is 10.0 Å². The summed E-state index contributed by atoms with van der Waals surface area (Å²) in [6, 6.07) is 1.25. The van der Waals surface area contributed by atoms with Crippen LogP contribution in [0.2, 0.25) is 0 Å². The number of hydrogen-bond acceptors (Lipinski definition) is 4. The number of thiophene rings is 1. The van der Waals surface area contributed by atoms with Crippen LogP contribution in [0.25, 0.3) is 0 Å². The highest BCUT2D eigenvalue weighted by molar-refractivity contribution is 7.89. The molecule has 1 aliphatic rings. The number of sulfonamides is 1. The normalized spacial score (nSPS) is 24.3. The molecule has 1 aliphatic carbocycles. The third-order valence-electron chi connectivity index (χ3n) is 3.53. The highest BCUT2D eigenvalue weighted by Gasteiger charge is 2.29. The standard InChI is InChI=1S/C12H17NO4S2/c1-8-4-2-3-5-9(8)13-19(16,17)10-6-7-18-11(10)12(14)15/h6-9,13H,2-5H2,1H3,(H,14,15). The van der Waals surface area contributed by atoms with Crippen LogP contribution in [-0.4, -0.2) is 25.5 Å². The maximum Gasteiger partial charge on any atom is 0.347 e. The fraction of sp³-hybridized carbons (Fsp3) is 0.583. The first-order chi connectivity index (χ1) is 8.92. The van der Waals surface area contributed by atoms with Crippen LogP contribution in [0, 0.1) is 5.92 Å². The molecule has 0 radical (unpaired) electrons. The molecule has 1 aromatic heterocycles. The number of hydrogen-bond donors (Lipinski definition) is 2. The van der Waals surface area contributed by atoms with Crippen LogP contribution in [0.15, 0.2) is 16.3 Å². The van der Waals surface area contributed by atoms with E-state index in [9.17, 15) is 13.2 Å². The number of carboxylic acids is 1. The van der Waals surface area contributed by atoms with Gasteiger partial charge < -0.3 is 5.11 Å². The summed E-state index contributed by atoms with van der Waals surface area (Å²) in [7, 11) is -3.75. The number of rotatable bonds is 4. The molecule has 2 unspecified atom stereocenters. The number of carboxylic acid groups (broad SMARTS) is 1. The molecule has 2 rings (SSSR count). The molecular formula is C12H17NO4S2. The molecule has 1 heterocycles. The zero-order valence-corrected chi connectivity index (χ0v) is 12.3. The Morgan fingerprint density at radius 3 is 2.74 bits per heavy atom. The van der Waals surface area contributed by atoms with Crippen molar-refractivity contribution in [1.82, 2.24) is 4.72 Å². The van der Waals surface area contributed by atoms with Crippen molar-refractivity contribution in [3.8, 4) is 0 Å². The van der Waals surface area contributed by atoms with E-state index in [0.29, 0.717) is 0 Å². The van der Waals surface area contributed by atoms with Crippen molar-refractivity contribution in [2.45, 2.75) is 43.5 Å². The highest BCUT2D eigenvalue weighted by Crippen LogP contribution is 2.27. The van der Waals surface area contributed by atoms with Crippen molar-refractivity contribution in [3.05, 3.63) is 16.3 Å². The van der Waals surface area contributed by atoms with E-state index in [0.717, 1.165) is 37.0 Å². The van der Waals surface area contributed by atoms with Crippen LogP contribution < -0.4 is 4.72 Å². The summed E-state index contributed by atoms with van der Waals surface area (Å²) in [5.74, 6) is -0.914. The third kappa shape index (κ3) is 3.16. The molecule has 2 N–H and O–H groups in total. The van der Waals surface area contributed by atoms with Gasteiger partial charge in [0.05, 0.1) is 0 Å². The summed E-state index contributed by atoms with van der Waals surface area (Å²) < 4.78 is 27.2. The molecule has 1 fully saturated rings. The molecule has 106 valence electrons. The Bertz CT molecular complexity index is 564. The average Bonchev–Trinajstić information content (AvgIpc) is 2.82. The van der Waals surface area contributed by atoms with Crippen LogP contribution in [-0.2, 0) is 10.0 Å². The minimum absolute atomic E-state index is 0.0969. The maximum absolute atomic E-state index is 12.3. The lowest BCUT2D eigenvalue weighted by Gasteiger charge is -2.29. The summed E-state index contributed by atoms with van der Waals surface area (Å²) in [5, 5.41) is 10.5. The monoisotopic (exact) mass is 303 g/mol. The van der Waals surface area contributed by atoms with Crippen LogP contribution in [0.1, 0.15) is 42.3 Å². The molecule has 0 saturated heterocycles. The van der Waals surface area contributed by atoms with Crippen LogP contribution in [0.5, 0.6) is 0 Å². The molecule has 0 amide bonds. The van der Waals surface area contributed by atoms with Gasteiger partial charge in [-0.25, -0.2) is 17.9 Å². The second-order valence-electron chi connectivity index (χ2n) is 4.91. The fourth-order valence-corrected chi connectivity index (χ4v) is 5.06. The molecule has 7 heteroatoms. The Morgan fingerprint density at radius 1 is 1.42 bits per heavy atom. The number of nitrogens with one attached hydrogen (secondary N) is 1. The SMILES string of the molecule is CC1CCCCC1NS(=O)(=O)c1ccsc1C(=O)O. The predicted molar refractivity (Wildman–Crippen MR) is 73.0 cm³/mol. The van der Waals surface area contributed by atoms with E-state index < -0.39 is 16.0 Å². The maximum atomic E-state index is 12.3. The molecule has 0 spiro atoms. The first kappa shape index (κ1) is 14.5. The summed E-state index contributed by atoms with van der Waals surface area (Å²) in [6.07, 6.45) is 3.95. The first-order valence-corrected chi connectivity index (χ1v) is 8.61. The van der Waals surface area contributed by atoms with E-state index in [4.69, 9.17) is 5.11 Å². The summed E-state index contributed by atoms with van der Waals surface area (Å²) in [6.45, 7) is 2.03. The van der Waals surface area contributed by atoms with Gasteiger partial charge in [0.15, 0.2) is 0 Å².